The summed E-state index contributed by atoms with van der Waals surface area (Å²) in [5.41, 5.74) is 1.35. The second-order valence-electron chi connectivity index (χ2n) is 6.38. The Morgan fingerprint density at radius 1 is 1.26 bits per heavy atom. The lowest BCUT2D eigenvalue weighted by atomic mass is 10.1. The lowest BCUT2D eigenvalue weighted by Gasteiger charge is -2.18. The third-order valence-corrected chi connectivity index (χ3v) is 4.25. The Morgan fingerprint density at radius 2 is 2.00 bits per heavy atom. The Balaban J connectivity index is 0.00000364. The summed E-state index contributed by atoms with van der Waals surface area (Å²) in [5.74, 6) is 2.49. The molecule has 0 saturated carbocycles. The highest BCUT2D eigenvalue weighted by molar-refractivity contribution is 14.0. The fourth-order valence-electron chi connectivity index (χ4n) is 2.50. The van der Waals surface area contributed by atoms with Crippen molar-refractivity contribution in [3.8, 4) is 0 Å². The Kier molecular flexibility index (Phi) is 11.0. The number of hydrogen-bond donors (Lipinski definition) is 2. The van der Waals surface area contributed by atoms with E-state index in [1.807, 2.05) is 24.6 Å². The summed E-state index contributed by atoms with van der Waals surface area (Å²) in [6.45, 7) is 5.91. The van der Waals surface area contributed by atoms with Crippen molar-refractivity contribution in [2.24, 2.45) is 12.0 Å². The molecular weight excluding hydrogens is 455 g/mol. The molecule has 1 unspecified atom stereocenters. The third kappa shape index (κ3) is 8.25. The molecule has 0 spiro atoms. The molecular formula is C19H31IN6O. The van der Waals surface area contributed by atoms with Gasteiger partial charge in [-0.3, -0.25) is 0 Å². The third-order valence-electron chi connectivity index (χ3n) is 4.25. The molecule has 2 rings (SSSR count). The van der Waals surface area contributed by atoms with E-state index in [4.69, 9.17) is 4.74 Å². The van der Waals surface area contributed by atoms with Crippen LogP contribution in [0.1, 0.15) is 30.6 Å². The highest BCUT2D eigenvalue weighted by atomic mass is 127. The number of halogens is 1. The predicted molar refractivity (Wildman–Crippen MR) is 120 cm³/mol. The van der Waals surface area contributed by atoms with Crippen LogP contribution in [0.25, 0.3) is 0 Å². The summed E-state index contributed by atoms with van der Waals surface area (Å²) >= 11 is 0. The monoisotopic (exact) mass is 486 g/mol. The number of guanidine groups is 1. The van der Waals surface area contributed by atoms with Crippen molar-refractivity contribution in [1.82, 2.24) is 25.4 Å². The summed E-state index contributed by atoms with van der Waals surface area (Å²) < 4.78 is 7.07. The lowest BCUT2D eigenvalue weighted by Crippen LogP contribution is -2.43. The maximum absolute atomic E-state index is 5.12. The average molecular weight is 486 g/mol. The van der Waals surface area contributed by atoms with Crippen molar-refractivity contribution in [3.63, 3.8) is 0 Å². The van der Waals surface area contributed by atoms with E-state index in [1.165, 1.54) is 5.56 Å². The maximum atomic E-state index is 5.12. The van der Waals surface area contributed by atoms with Crippen LogP contribution in [-0.2, 0) is 24.8 Å². The first-order chi connectivity index (χ1) is 12.6. The molecule has 8 heteroatoms. The standard InChI is InChI=1S/C19H30N6O.HI/c1-15(10-11-17-8-6-5-7-9-17)22-19(20-12-13-26-4)21-14-18-24-23-16(2)25(18)3;/h5-9,15H,10-14H2,1-4H3,(H2,20,21,22);1H. The first-order valence-corrected chi connectivity index (χ1v) is 9.02. The number of rotatable bonds is 9. The molecule has 1 heterocycles. The van der Waals surface area contributed by atoms with E-state index >= 15 is 0 Å². The van der Waals surface area contributed by atoms with E-state index in [2.05, 4.69) is 57.0 Å². The van der Waals surface area contributed by atoms with Crippen LogP contribution >= 0.6 is 24.0 Å². The largest absolute Gasteiger partial charge is 0.383 e. The van der Waals surface area contributed by atoms with Gasteiger partial charge in [-0.2, -0.15) is 0 Å². The molecule has 1 atom stereocenters. The molecule has 0 aliphatic carbocycles. The summed E-state index contributed by atoms with van der Waals surface area (Å²) in [7, 11) is 3.64. The maximum Gasteiger partial charge on any atom is 0.191 e. The van der Waals surface area contributed by atoms with Gasteiger partial charge in [0.2, 0.25) is 0 Å². The average Bonchev–Trinajstić information content (AvgIpc) is 2.97. The molecule has 7 nitrogen and oxygen atoms in total. The fraction of sp³-hybridized carbons (Fsp3) is 0.526. The zero-order valence-electron chi connectivity index (χ0n) is 16.6. The fourth-order valence-corrected chi connectivity index (χ4v) is 2.50. The Labute approximate surface area is 179 Å². The molecule has 2 N–H and O–H groups in total. The normalized spacial score (nSPS) is 12.4. The van der Waals surface area contributed by atoms with Gasteiger partial charge in [-0.25, -0.2) is 4.99 Å². The van der Waals surface area contributed by atoms with Crippen LogP contribution in [0.5, 0.6) is 0 Å². The first-order valence-electron chi connectivity index (χ1n) is 9.02. The quantitative estimate of drug-likeness (QED) is 0.247. The van der Waals surface area contributed by atoms with E-state index < -0.39 is 0 Å². The molecule has 2 aromatic rings. The van der Waals surface area contributed by atoms with E-state index in [-0.39, 0.29) is 24.0 Å². The van der Waals surface area contributed by atoms with Crippen LogP contribution in [0, 0.1) is 6.92 Å². The van der Waals surface area contributed by atoms with E-state index in [0.29, 0.717) is 25.7 Å². The van der Waals surface area contributed by atoms with Gasteiger partial charge in [-0.15, -0.1) is 34.2 Å². The number of ether oxygens (including phenoxy) is 1. The smallest absolute Gasteiger partial charge is 0.191 e. The minimum atomic E-state index is 0. The molecule has 0 radical (unpaired) electrons. The number of nitrogens with one attached hydrogen (secondary N) is 2. The van der Waals surface area contributed by atoms with Crippen molar-refractivity contribution in [3.05, 3.63) is 47.5 Å². The highest BCUT2D eigenvalue weighted by Crippen LogP contribution is 2.05. The predicted octanol–water partition coefficient (Wildman–Crippen LogP) is 2.44. The number of aliphatic imine (C=N–C) groups is 1. The zero-order chi connectivity index (χ0) is 18.8. The van der Waals surface area contributed by atoms with Crippen LogP contribution in [0.3, 0.4) is 0 Å². The van der Waals surface area contributed by atoms with Gasteiger partial charge < -0.3 is 19.9 Å². The van der Waals surface area contributed by atoms with Gasteiger partial charge in [-0.05, 0) is 32.3 Å². The molecule has 0 aliphatic rings. The van der Waals surface area contributed by atoms with Crippen molar-refractivity contribution in [2.75, 3.05) is 20.3 Å². The summed E-state index contributed by atoms with van der Waals surface area (Å²) in [6.07, 6.45) is 2.06. The molecule has 0 fully saturated rings. The van der Waals surface area contributed by atoms with Gasteiger partial charge >= 0.3 is 0 Å². The summed E-state index contributed by atoms with van der Waals surface area (Å²) in [6, 6.07) is 10.8. The van der Waals surface area contributed by atoms with Crippen LogP contribution in [-0.4, -0.2) is 47.0 Å². The molecule has 0 saturated heterocycles. The molecule has 1 aromatic carbocycles. The molecule has 1 aromatic heterocycles. The van der Waals surface area contributed by atoms with Crippen LogP contribution < -0.4 is 10.6 Å². The summed E-state index contributed by atoms with van der Waals surface area (Å²) in [5, 5.41) is 15.0. The van der Waals surface area contributed by atoms with Gasteiger partial charge in [0.15, 0.2) is 11.8 Å². The van der Waals surface area contributed by atoms with Gasteiger partial charge in [-0.1, -0.05) is 30.3 Å². The van der Waals surface area contributed by atoms with Crippen LogP contribution in [0.2, 0.25) is 0 Å². The Hall–Kier alpha value is -1.68. The van der Waals surface area contributed by atoms with Crippen molar-refractivity contribution in [1.29, 1.82) is 0 Å². The minimum Gasteiger partial charge on any atom is -0.383 e. The van der Waals surface area contributed by atoms with E-state index in [0.717, 1.165) is 30.5 Å². The second-order valence-corrected chi connectivity index (χ2v) is 6.38. The second kappa shape index (κ2) is 12.7. The topological polar surface area (TPSA) is 76.4 Å². The number of benzene rings is 1. The highest BCUT2D eigenvalue weighted by Gasteiger charge is 2.08. The molecule has 27 heavy (non-hydrogen) atoms. The SMILES string of the molecule is COCCNC(=NCc1nnc(C)n1C)NC(C)CCc1ccccc1.I. The number of hydrogen-bond acceptors (Lipinski definition) is 4. The molecule has 0 amide bonds. The number of aromatic nitrogens is 3. The number of nitrogens with zero attached hydrogens (tertiary/aromatic N) is 4. The van der Waals surface area contributed by atoms with Gasteiger partial charge in [0.1, 0.15) is 12.4 Å². The first kappa shape index (κ1) is 23.4. The van der Waals surface area contributed by atoms with E-state index in [1.54, 1.807) is 7.11 Å². The number of aryl methyl sites for hydroxylation is 2. The molecule has 0 aliphatic heterocycles. The van der Waals surface area contributed by atoms with Crippen molar-refractivity contribution >= 4 is 29.9 Å². The minimum absolute atomic E-state index is 0. The number of methoxy groups -OCH3 is 1. The van der Waals surface area contributed by atoms with Crippen molar-refractivity contribution < 1.29 is 4.74 Å². The molecule has 0 bridgehead atoms. The van der Waals surface area contributed by atoms with Gasteiger partial charge in [0, 0.05) is 26.7 Å². The van der Waals surface area contributed by atoms with E-state index in [9.17, 15) is 0 Å². The van der Waals surface area contributed by atoms with Crippen molar-refractivity contribution in [2.45, 2.75) is 39.3 Å². The van der Waals surface area contributed by atoms with Gasteiger partial charge in [0.25, 0.3) is 0 Å². The Morgan fingerprint density at radius 3 is 2.63 bits per heavy atom. The van der Waals surface area contributed by atoms with Crippen LogP contribution in [0.15, 0.2) is 35.3 Å². The molecule has 150 valence electrons. The Bertz CT molecular complexity index is 689. The lowest BCUT2D eigenvalue weighted by molar-refractivity contribution is 0.203. The zero-order valence-corrected chi connectivity index (χ0v) is 18.9. The van der Waals surface area contributed by atoms with Gasteiger partial charge in [0.05, 0.1) is 6.61 Å². The van der Waals surface area contributed by atoms with Crippen LogP contribution in [0.4, 0.5) is 0 Å². The summed E-state index contributed by atoms with van der Waals surface area (Å²) in [4.78, 5) is 4.65.